The molecule has 1 aromatic carbocycles. The van der Waals surface area contributed by atoms with Crippen LogP contribution in [0.4, 0.5) is 5.82 Å². The number of rotatable bonds is 0. The molecule has 0 aliphatic rings. The molecule has 0 radical (unpaired) electrons. The molecule has 0 saturated carbocycles. The number of benzene rings is 1. The molecule has 2 rings (SSSR count). The lowest BCUT2D eigenvalue weighted by atomic mass is 10.2. The monoisotopic (exact) mass is 305 g/mol. The molecule has 2 N–H and O–H groups in total. The van der Waals surface area contributed by atoms with Gasteiger partial charge in [-0.3, -0.25) is 0 Å². The van der Waals surface area contributed by atoms with Gasteiger partial charge in [0.05, 0.1) is 5.52 Å². The van der Waals surface area contributed by atoms with E-state index in [2.05, 4.69) is 32.6 Å². The van der Waals surface area contributed by atoms with Gasteiger partial charge in [0.1, 0.15) is 5.82 Å². The van der Waals surface area contributed by atoms with Crippen molar-refractivity contribution in [2.45, 2.75) is 0 Å². The number of aromatic nitrogens is 2. The first kappa shape index (κ1) is 8.96. The molecule has 3 nitrogen and oxygen atoms in total. The third-order valence-corrected chi connectivity index (χ3v) is 2.50. The summed E-state index contributed by atoms with van der Waals surface area (Å²) in [6.45, 7) is 0. The Morgan fingerprint density at radius 1 is 1.31 bits per heavy atom. The maximum absolute atomic E-state index is 5.67. The van der Waals surface area contributed by atoms with E-state index in [0.29, 0.717) is 5.82 Å². The number of anilines is 1. The summed E-state index contributed by atoms with van der Waals surface area (Å²) in [6, 6.07) is 5.76. The van der Waals surface area contributed by atoms with E-state index in [0.717, 1.165) is 14.5 Å². The molecule has 2 aromatic rings. The zero-order valence-electron chi connectivity index (χ0n) is 6.46. The molecule has 0 spiro atoms. The second-order valence-corrected chi connectivity index (χ2v) is 4.12. The smallest absolute Gasteiger partial charge is 0.224 e. The van der Waals surface area contributed by atoms with E-state index in [1.807, 2.05) is 18.2 Å². The number of nitrogen functional groups attached to an aromatic ring is 1. The van der Waals surface area contributed by atoms with Gasteiger partial charge in [0.25, 0.3) is 0 Å². The summed E-state index contributed by atoms with van der Waals surface area (Å²) in [7, 11) is 0. The van der Waals surface area contributed by atoms with Crippen molar-refractivity contribution in [3.05, 3.63) is 27.1 Å². The highest BCUT2D eigenvalue weighted by molar-refractivity contribution is 14.1. The first-order valence-corrected chi connectivity index (χ1v) is 5.01. The molecule has 1 aromatic heterocycles. The molecular weight excluding hydrogens is 300 g/mol. The zero-order chi connectivity index (χ0) is 9.42. The molecule has 0 atom stereocenters. The fourth-order valence-electron chi connectivity index (χ4n) is 1.10. The first-order chi connectivity index (χ1) is 6.16. The normalized spacial score (nSPS) is 10.6. The van der Waals surface area contributed by atoms with Gasteiger partial charge in [-0.1, -0.05) is 0 Å². The van der Waals surface area contributed by atoms with Crippen LogP contribution < -0.4 is 5.73 Å². The maximum Gasteiger partial charge on any atom is 0.224 e. The largest absolute Gasteiger partial charge is 0.383 e. The number of nitrogens with two attached hydrogens (primary N) is 1. The number of halogens is 2. The van der Waals surface area contributed by atoms with Crippen LogP contribution >= 0.6 is 34.2 Å². The van der Waals surface area contributed by atoms with E-state index >= 15 is 0 Å². The minimum absolute atomic E-state index is 0.187. The lowest BCUT2D eigenvalue weighted by molar-refractivity contribution is 1.23. The average molecular weight is 306 g/mol. The van der Waals surface area contributed by atoms with Crippen LogP contribution in [0, 0.1) is 3.57 Å². The van der Waals surface area contributed by atoms with Crippen LogP contribution in [0.2, 0.25) is 5.28 Å². The summed E-state index contributed by atoms with van der Waals surface area (Å²) in [5.74, 6) is 0.423. The Hall–Kier alpha value is -0.620. The lowest BCUT2D eigenvalue weighted by Gasteiger charge is -2.01. The Balaban J connectivity index is 2.86. The maximum atomic E-state index is 5.67. The summed E-state index contributed by atoms with van der Waals surface area (Å²) in [4.78, 5) is 7.93. The topological polar surface area (TPSA) is 51.8 Å². The third-order valence-electron chi connectivity index (χ3n) is 1.66. The van der Waals surface area contributed by atoms with E-state index < -0.39 is 0 Å². The molecular formula is C8H5ClIN3. The van der Waals surface area contributed by atoms with Crippen molar-refractivity contribution in [2.75, 3.05) is 5.73 Å². The Morgan fingerprint density at radius 3 is 2.85 bits per heavy atom. The Labute approximate surface area is 93.5 Å². The quantitative estimate of drug-likeness (QED) is 0.601. The number of fused-ring (bicyclic) bond motifs is 1. The molecule has 66 valence electrons. The van der Waals surface area contributed by atoms with Gasteiger partial charge in [-0.25, -0.2) is 9.97 Å². The molecule has 0 saturated heterocycles. The first-order valence-electron chi connectivity index (χ1n) is 3.55. The predicted molar refractivity (Wildman–Crippen MR) is 61.7 cm³/mol. The molecule has 0 unspecified atom stereocenters. The minimum atomic E-state index is 0.187. The van der Waals surface area contributed by atoms with Crippen molar-refractivity contribution in [3.63, 3.8) is 0 Å². The summed E-state index contributed by atoms with van der Waals surface area (Å²) < 4.78 is 1.10. The van der Waals surface area contributed by atoms with Crippen molar-refractivity contribution in [1.29, 1.82) is 0 Å². The Morgan fingerprint density at radius 2 is 2.08 bits per heavy atom. The van der Waals surface area contributed by atoms with Crippen molar-refractivity contribution >= 4 is 50.9 Å². The van der Waals surface area contributed by atoms with Gasteiger partial charge < -0.3 is 5.73 Å². The van der Waals surface area contributed by atoms with Crippen LogP contribution in [-0.2, 0) is 0 Å². The molecule has 0 amide bonds. The zero-order valence-corrected chi connectivity index (χ0v) is 9.37. The van der Waals surface area contributed by atoms with Crippen LogP contribution in [0.1, 0.15) is 0 Å². The summed E-state index contributed by atoms with van der Waals surface area (Å²) in [5, 5.41) is 1.02. The Kier molecular flexibility index (Phi) is 2.25. The molecule has 5 heteroatoms. The van der Waals surface area contributed by atoms with Crippen molar-refractivity contribution in [2.24, 2.45) is 0 Å². The van der Waals surface area contributed by atoms with Crippen LogP contribution in [0.3, 0.4) is 0 Å². The highest BCUT2D eigenvalue weighted by Gasteiger charge is 2.03. The van der Waals surface area contributed by atoms with E-state index in [1.54, 1.807) is 0 Å². The van der Waals surface area contributed by atoms with Gasteiger partial charge in [0, 0.05) is 8.96 Å². The van der Waals surface area contributed by atoms with Gasteiger partial charge >= 0.3 is 0 Å². The van der Waals surface area contributed by atoms with E-state index in [4.69, 9.17) is 17.3 Å². The standard InChI is InChI=1S/C8H5ClIN3/c9-8-12-6-3-4(10)1-2-5(6)7(11)13-8/h1-3H,(H2,11,12,13). The molecule has 13 heavy (non-hydrogen) atoms. The molecule has 1 heterocycles. The molecule has 0 aliphatic carbocycles. The van der Waals surface area contributed by atoms with Gasteiger partial charge in [0.2, 0.25) is 5.28 Å². The predicted octanol–water partition coefficient (Wildman–Crippen LogP) is 2.47. The fraction of sp³-hybridized carbons (Fsp3) is 0. The average Bonchev–Trinajstić information content (AvgIpc) is 2.02. The van der Waals surface area contributed by atoms with Crippen molar-refractivity contribution in [3.8, 4) is 0 Å². The SMILES string of the molecule is Nc1nc(Cl)nc2cc(I)ccc12. The lowest BCUT2D eigenvalue weighted by Crippen LogP contribution is -1.94. The van der Waals surface area contributed by atoms with Crippen molar-refractivity contribution < 1.29 is 0 Å². The highest BCUT2D eigenvalue weighted by Crippen LogP contribution is 2.21. The van der Waals surface area contributed by atoms with E-state index in [1.165, 1.54) is 0 Å². The number of nitrogens with zero attached hydrogens (tertiary/aromatic N) is 2. The molecule has 0 bridgehead atoms. The van der Waals surface area contributed by atoms with Crippen LogP contribution in [0.5, 0.6) is 0 Å². The number of hydrogen-bond donors (Lipinski definition) is 1. The van der Waals surface area contributed by atoms with Gasteiger partial charge in [-0.05, 0) is 52.4 Å². The molecule has 0 aliphatic heterocycles. The second kappa shape index (κ2) is 3.26. The van der Waals surface area contributed by atoms with Crippen molar-refractivity contribution in [1.82, 2.24) is 9.97 Å². The minimum Gasteiger partial charge on any atom is -0.383 e. The third kappa shape index (κ3) is 1.68. The van der Waals surface area contributed by atoms with Gasteiger partial charge in [-0.15, -0.1) is 0 Å². The van der Waals surface area contributed by atoms with Crippen LogP contribution in [0.15, 0.2) is 18.2 Å². The molecule has 0 fully saturated rings. The highest BCUT2D eigenvalue weighted by atomic mass is 127. The summed E-state index contributed by atoms with van der Waals surface area (Å²) in [6.07, 6.45) is 0. The van der Waals surface area contributed by atoms with Crippen LogP contribution in [-0.4, -0.2) is 9.97 Å². The fourth-order valence-corrected chi connectivity index (χ4v) is 1.75. The number of hydrogen-bond acceptors (Lipinski definition) is 3. The van der Waals surface area contributed by atoms with E-state index in [9.17, 15) is 0 Å². The summed E-state index contributed by atoms with van der Waals surface area (Å²) in [5.41, 5.74) is 6.45. The second-order valence-electron chi connectivity index (χ2n) is 2.54. The summed E-state index contributed by atoms with van der Waals surface area (Å²) >= 11 is 7.88. The van der Waals surface area contributed by atoms with Gasteiger partial charge in [0.15, 0.2) is 0 Å². The van der Waals surface area contributed by atoms with Crippen LogP contribution in [0.25, 0.3) is 10.9 Å². The van der Waals surface area contributed by atoms with Gasteiger partial charge in [-0.2, -0.15) is 0 Å². The van der Waals surface area contributed by atoms with E-state index in [-0.39, 0.29) is 5.28 Å². The Bertz CT molecular complexity index is 467.